The second-order valence-electron chi connectivity index (χ2n) is 4.29. The van der Waals surface area contributed by atoms with Crippen molar-refractivity contribution in [3.05, 3.63) is 40.2 Å². The van der Waals surface area contributed by atoms with E-state index in [0.717, 1.165) is 4.90 Å². The number of carbonyl (C=O) groups excluding carboxylic acids is 2. The molecule has 7 nitrogen and oxygen atoms in total. The Hall–Kier alpha value is -2.57. The van der Waals surface area contributed by atoms with Gasteiger partial charge in [-0.05, 0) is 13.8 Å². The first-order valence-electron chi connectivity index (χ1n) is 5.92. The Morgan fingerprint density at radius 3 is 2.60 bits per heavy atom. The highest BCUT2D eigenvalue weighted by molar-refractivity contribution is 5.90. The van der Waals surface area contributed by atoms with E-state index in [1.807, 2.05) is 0 Å². The number of hydrogen-bond acceptors (Lipinski definition) is 4. The Bertz CT molecular complexity index is 592. The van der Waals surface area contributed by atoms with E-state index in [2.05, 4.69) is 11.6 Å². The van der Waals surface area contributed by atoms with Crippen LogP contribution in [-0.2, 0) is 9.53 Å². The minimum Gasteiger partial charge on any atom is -0.460 e. The Labute approximate surface area is 116 Å². The predicted molar refractivity (Wildman–Crippen MR) is 74.5 cm³/mol. The van der Waals surface area contributed by atoms with Crippen LogP contribution >= 0.6 is 0 Å². The number of rotatable bonds is 5. The second kappa shape index (κ2) is 6.55. The van der Waals surface area contributed by atoms with Crippen LogP contribution in [0.2, 0.25) is 0 Å². The number of aromatic amines is 1. The van der Waals surface area contributed by atoms with Crippen molar-refractivity contribution in [3.8, 4) is 0 Å². The summed E-state index contributed by atoms with van der Waals surface area (Å²) < 4.78 is 4.89. The molecule has 0 aliphatic rings. The fourth-order valence-electron chi connectivity index (χ4n) is 1.51. The van der Waals surface area contributed by atoms with Gasteiger partial charge in [-0.1, -0.05) is 6.58 Å². The number of aryl methyl sites for hydroxylation is 1. The standard InChI is InChI=1S/C13H17N3O4/c1-8(2)12(18)20-5-4-16(13(14)19)11-7-10(17)6-9(3)15-11/h6-7H,1,4-5H2,2-3H3,(H2,14,19)(H,15,17). The van der Waals surface area contributed by atoms with Crippen molar-refractivity contribution in [1.82, 2.24) is 4.98 Å². The lowest BCUT2D eigenvalue weighted by molar-refractivity contribution is -0.138. The largest absolute Gasteiger partial charge is 0.460 e. The molecular weight excluding hydrogens is 262 g/mol. The van der Waals surface area contributed by atoms with Crippen LogP contribution in [-0.4, -0.2) is 30.1 Å². The lowest BCUT2D eigenvalue weighted by atomic mass is 10.3. The summed E-state index contributed by atoms with van der Waals surface area (Å²) in [7, 11) is 0. The number of aromatic nitrogens is 1. The molecule has 0 aliphatic heterocycles. The van der Waals surface area contributed by atoms with Crippen molar-refractivity contribution in [2.45, 2.75) is 13.8 Å². The van der Waals surface area contributed by atoms with Gasteiger partial charge in [-0.3, -0.25) is 9.69 Å². The zero-order valence-corrected chi connectivity index (χ0v) is 11.4. The SMILES string of the molecule is C=C(C)C(=O)OCCN(C(N)=O)c1cc(=O)cc(C)[nH]1. The molecule has 1 aromatic rings. The number of carbonyl (C=O) groups is 2. The fourth-order valence-corrected chi connectivity index (χ4v) is 1.51. The Kier molecular flexibility index (Phi) is 5.08. The predicted octanol–water partition coefficient (Wildman–Crippen LogP) is 0.688. The molecule has 0 atom stereocenters. The van der Waals surface area contributed by atoms with Crippen LogP contribution in [0.3, 0.4) is 0 Å². The molecule has 0 saturated heterocycles. The molecule has 7 heteroatoms. The van der Waals surface area contributed by atoms with Crippen LogP contribution in [0.25, 0.3) is 0 Å². The van der Waals surface area contributed by atoms with Gasteiger partial charge in [0, 0.05) is 23.4 Å². The smallest absolute Gasteiger partial charge is 0.333 e. The number of esters is 1. The summed E-state index contributed by atoms with van der Waals surface area (Å²) in [6.45, 7) is 6.63. The summed E-state index contributed by atoms with van der Waals surface area (Å²) in [5.41, 5.74) is 5.86. The van der Waals surface area contributed by atoms with Gasteiger partial charge in [0.25, 0.3) is 0 Å². The summed E-state index contributed by atoms with van der Waals surface area (Å²) in [5, 5.41) is 0. The maximum atomic E-state index is 11.4. The van der Waals surface area contributed by atoms with E-state index in [-0.39, 0.29) is 30.0 Å². The molecule has 0 radical (unpaired) electrons. The third kappa shape index (κ3) is 4.27. The molecule has 0 fully saturated rings. The fraction of sp³-hybridized carbons (Fsp3) is 0.308. The molecule has 1 rings (SSSR count). The monoisotopic (exact) mass is 279 g/mol. The van der Waals surface area contributed by atoms with Crippen molar-refractivity contribution in [1.29, 1.82) is 0 Å². The zero-order valence-electron chi connectivity index (χ0n) is 11.4. The van der Waals surface area contributed by atoms with Gasteiger partial charge in [-0.2, -0.15) is 0 Å². The first-order chi connectivity index (χ1) is 9.31. The van der Waals surface area contributed by atoms with Crippen molar-refractivity contribution >= 4 is 17.8 Å². The van der Waals surface area contributed by atoms with Gasteiger partial charge in [0.1, 0.15) is 12.4 Å². The van der Waals surface area contributed by atoms with Crippen LogP contribution < -0.4 is 16.1 Å². The molecule has 1 heterocycles. The van der Waals surface area contributed by atoms with Crippen LogP contribution in [0.1, 0.15) is 12.6 Å². The summed E-state index contributed by atoms with van der Waals surface area (Å²) in [4.78, 5) is 38.0. The molecule has 1 aromatic heterocycles. The number of pyridine rings is 1. The minimum absolute atomic E-state index is 0.0355. The first kappa shape index (κ1) is 15.5. The highest BCUT2D eigenvalue weighted by Crippen LogP contribution is 2.08. The van der Waals surface area contributed by atoms with Crippen molar-refractivity contribution in [2.75, 3.05) is 18.1 Å². The average molecular weight is 279 g/mol. The number of primary amides is 1. The van der Waals surface area contributed by atoms with Gasteiger partial charge in [-0.15, -0.1) is 0 Å². The van der Waals surface area contributed by atoms with E-state index in [1.165, 1.54) is 19.1 Å². The number of urea groups is 1. The number of nitrogens with one attached hydrogen (secondary N) is 1. The number of H-pyrrole nitrogens is 1. The molecule has 0 bridgehead atoms. The van der Waals surface area contributed by atoms with Gasteiger partial charge >= 0.3 is 12.0 Å². The Morgan fingerprint density at radius 1 is 1.45 bits per heavy atom. The van der Waals surface area contributed by atoms with Crippen molar-refractivity contribution in [2.24, 2.45) is 5.73 Å². The van der Waals surface area contributed by atoms with Gasteiger partial charge in [0.15, 0.2) is 5.43 Å². The minimum atomic E-state index is -0.752. The Balaban J connectivity index is 2.80. The molecule has 0 unspecified atom stereocenters. The molecule has 0 spiro atoms. The Morgan fingerprint density at radius 2 is 2.10 bits per heavy atom. The van der Waals surface area contributed by atoms with E-state index in [9.17, 15) is 14.4 Å². The van der Waals surface area contributed by atoms with E-state index in [1.54, 1.807) is 6.92 Å². The van der Waals surface area contributed by atoms with E-state index < -0.39 is 12.0 Å². The number of amides is 2. The third-order valence-electron chi connectivity index (χ3n) is 2.42. The number of ether oxygens (including phenoxy) is 1. The second-order valence-corrected chi connectivity index (χ2v) is 4.29. The maximum Gasteiger partial charge on any atom is 0.333 e. The van der Waals surface area contributed by atoms with Crippen molar-refractivity contribution in [3.63, 3.8) is 0 Å². The number of nitrogens with two attached hydrogens (primary N) is 1. The molecule has 0 saturated carbocycles. The van der Waals surface area contributed by atoms with Crippen LogP contribution in [0, 0.1) is 6.92 Å². The summed E-state index contributed by atoms with van der Waals surface area (Å²) >= 11 is 0. The lowest BCUT2D eigenvalue weighted by Gasteiger charge is -2.20. The quantitative estimate of drug-likeness (QED) is 0.611. The van der Waals surface area contributed by atoms with Crippen molar-refractivity contribution < 1.29 is 14.3 Å². The number of anilines is 1. The number of hydrogen-bond donors (Lipinski definition) is 2. The number of nitrogens with zero attached hydrogens (tertiary/aromatic N) is 1. The molecule has 2 amide bonds. The maximum absolute atomic E-state index is 11.4. The summed E-state index contributed by atoms with van der Waals surface area (Å²) in [5.74, 6) is -0.291. The normalized spacial score (nSPS) is 9.90. The van der Waals surface area contributed by atoms with E-state index >= 15 is 0 Å². The third-order valence-corrected chi connectivity index (χ3v) is 2.42. The molecule has 0 aromatic carbocycles. The molecule has 108 valence electrons. The van der Waals surface area contributed by atoms with Crippen LogP contribution in [0.5, 0.6) is 0 Å². The highest BCUT2D eigenvalue weighted by Gasteiger charge is 2.15. The first-order valence-corrected chi connectivity index (χ1v) is 5.92. The van der Waals surface area contributed by atoms with E-state index in [4.69, 9.17) is 10.5 Å². The van der Waals surface area contributed by atoms with Gasteiger partial charge < -0.3 is 15.5 Å². The topological polar surface area (TPSA) is 105 Å². The van der Waals surface area contributed by atoms with Crippen LogP contribution in [0.4, 0.5) is 10.6 Å². The van der Waals surface area contributed by atoms with Crippen LogP contribution in [0.15, 0.2) is 29.1 Å². The average Bonchev–Trinajstić information content (AvgIpc) is 2.32. The highest BCUT2D eigenvalue weighted by atomic mass is 16.5. The van der Waals surface area contributed by atoms with Gasteiger partial charge in [0.2, 0.25) is 0 Å². The molecular formula is C13H17N3O4. The van der Waals surface area contributed by atoms with Gasteiger partial charge in [-0.25, -0.2) is 9.59 Å². The van der Waals surface area contributed by atoms with E-state index in [0.29, 0.717) is 5.69 Å². The molecule has 0 aliphatic carbocycles. The molecule has 20 heavy (non-hydrogen) atoms. The zero-order chi connectivity index (χ0) is 15.3. The summed E-state index contributed by atoms with van der Waals surface area (Å²) in [6.07, 6.45) is 0. The summed E-state index contributed by atoms with van der Waals surface area (Å²) in [6, 6.07) is 1.89. The molecule has 3 N–H and O–H groups in total. The van der Waals surface area contributed by atoms with Gasteiger partial charge in [0.05, 0.1) is 6.54 Å². The lowest BCUT2D eigenvalue weighted by Crippen LogP contribution is -2.39.